The van der Waals surface area contributed by atoms with Crippen molar-refractivity contribution < 1.29 is 0 Å². The molecule has 2 aromatic heterocycles. The van der Waals surface area contributed by atoms with E-state index in [9.17, 15) is 4.79 Å². The maximum absolute atomic E-state index is 12.9. The molecular weight excluding hydrogens is 332 g/mol. The van der Waals surface area contributed by atoms with Gasteiger partial charge in [-0.3, -0.25) is 9.36 Å². The number of fused-ring (bicyclic) bond motifs is 2. The number of hydrogen-bond acceptors (Lipinski definition) is 5. The van der Waals surface area contributed by atoms with Gasteiger partial charge in [0.15, 0.2) is 5.16 Å². The highest BCUT2D eigenvalue weighted by atomic mass is 32.2. The SMILES string of the molecule is CCCn1c(Sc2ncnc3ccccc23)nc2ccccc2c1=O. The summed E-state index contributed by atoms with van der Waals surface area (Å²) in [5, 5.41) is 3.07. The molecule has 4 aromatic rings. The standard InChI is InChI=1S/C19H16N4OS/c1-2-11-23-18(24)14-8-4-6-10-16(14)22-19(23)25-17-13-7-3-5-9-15(13)20-12-21-17/h3-10,12H,2,11H2,1H3. The lowest BCUT2D eigenvalue weighted by Gasteiger charge is -2.12. The number of benzene rings is 2. The molecule has 0 radical (unpaired) electrons. The van der Waals surface area contributed by atoms with Gasteiger partial charge in [-0.2, -0.15) is 0 Å². The maximum Gasteiger partial charge on any atom is 0.262 e. The van der Waals surface area contributed by atoms with Crippen LogP contribution < -0.4 is 5.56 Å². The van der Waals surface area contributed by atoms with Gasteiger partial charge >= 0.3 is 0 Å². The van der Waals surface area contributed by atoms with Crippen LogP contribution in [-0.2, 0) is 6.54 Å². The van der Waals surface area contributed by atoms with E-state index < -0.39 is 0 Å². The van der Waals surface area contributed by atoms with Gasteiger partial charge in [0.2, 0.25) is 0 Å². The van der Waals surface area contributed by atoms with Gasteiger partial charge in [0.1, 0.15) is 11.4 Å². The average Bonchev–Trinajstić information content (AvgIpc) is 2.65. The third-order valence-corrected chi connectivity index (χ3v) is 4.98. The Kier molecular flexibility index (Phi) is 4.19. The first kappa shape index (κ1) is 15.8. The summed E-state index contributed by atoms with van der Waals surface area (Å²) >= 11 is 1.41. The molecule has 2 aromatic carbocycles. The molecule has 25 heavy (non-hydrogen) atoms. The first-order valence-electron chi connectivity index (χ1n) is 8.15. The lowest BCUT2D eigenvalue weighted by molar-refractivity contribution is 0.584. The maximum atomic E-state index is 12.9. The Morgan fingerprint density at radius 3 is 2.48 bits per heavy atom. The van der Waals surface area contributed by atoms with Crippen molar-refractivity contribution in [1.82, 2.24) is 19.5 Å². The second kappa shape index (κ2) is 6.64. The van der Waals surface area contributed by atoms with Crippen molar-refractivity contribution in [2.24, 2.45) is 0 Å². The molecule has 0 unspecified atom stereocenters. The Labute approximate surface area is 148 Å². The van der Waals surface area contributed by atoms with Crippen LogP contribution in [0.2, 0.25) is 0 Å². The Morgan fingerprint density at radius 2 is 1.68 bits per heavy atom. The predicted molar refractivity (Wildman–Crippen MR) is 100.0 cm³/mol. The van der Waals surface area contributed by atoms with Crippen LogP contribution in [0.5, 0.6) is 0 Å². The zero-order valence-electron chi connectivity index (χ0n) is 13.7. The van der Waals surface area contributed by atoms with Crippen molar-refractivity contribution in [1.29, 1.82) is 0 Å². The van der Waals surface area contributed by atoms with E-state index in [-0.39, 0.29) is 5.56 Å². The molecule has 4 rings (SSSR count). The highest BCUT2D eigenvalue weighted by Crippen LogP contribution is 2.30. The number of hydrogen-bond donors (Lipinski definition) is 0. The molecule has 0 fully saturated rings. The van der Waals surface area contributed by atoms with E-state index in [0.29, 0.717) is 22.6 Å². The molecule has 2 heterocycles. The zero-order chi connectivity index (χ0) is 17.2. The van der Waals surface area contributed by atoms with Crippen LogP contribution >= 0.6 is 11.8 Å². The minimum absolute atomic E-state index is 0.00619. The smallest absolute Gasteiger partial charge is 0.262 e. The van der Waals surface area contributed by atoms with Gasteiger partial charge in [-0.25, -0.2) is 15.0 Å². The van der Waals surface area contributed by atoms with E-state index in [4.69, 9.17) is 4.98 Å². The summed E-state index contributed by atoms with van der Waals surface area (Å²) in [6.45, 7) is 2.68. The normalized spacial score (nSPS) is 11.2. The first-order chi connectivity index (χ1) is 12.3. The summed E-state index contributed by atoms with van der Waals surface area (Å²) in [7, 11) is 0. The van der Waals surface area contributed by atoms with Gasteiger partial charge in [-0.1, -0.05) is 37.3 Å². The van der Waals surface area contributed by atoms with Crippen molar-refractivity contribution in [2.75, 3.05) is 0 Å². The van der Waals surface area contributed by atoms with Crippen LogP contribution in [0, 0.1) is 0 Å². The van der Waals surface area contributed by atoms with Gasteiger partial charge in [-0.15, -0.1) is 0 Å². The summed E-state index contributed by atoms with van der Waals surface area (Å²) in [5.41, 5.74) is 1.58. The molecule has 0 aliphatic carbocycles. The number of aromatic nitrogens is 4. The monoisotopic (exact) mass is 348 g/mol. The van der Waals surface area contributed by atoms with Gasteiger partial charge in [-0.05, 0) is 36.4 Å². The lowest BCUT2D eigenvalue weighted by atomic mass is 10.2. The van der Waals surface area contributed by atoms with Gasteiger partial charge in [0.05, 0.1) is 16.4 Å². The molecular formula is C19H16N4OS. The second-order valence-corrected chi connectivity index (χ2v) is 6.62. The molecule has 0 aliphatic heterocycles. The van der Waals surface area contributed by atoms with Crippen LogP contribution in [0.25, 0.3) is 21.8 Å². The topological polar surface area (TPSA) is 60.7 Å². The van der Waals surface area contributed by atoms with Crippen molar-refractivity contribution in [3.8, 4) is 0 Å². The third kappa shape index (κ3) is 2.89. The molecule has 0 amide bonds. The molecule has 0 bridgehead atoms. The molecule has 124 valence electrons. The Morgan fingerprint density at radius 1 is 0.960 bits per heavy atom. The van der Waals surface area contributed by atoms with Crippen LogP contribution in [0.4, 0.5) is 0 Å². The average molecular weight is 348 g/mol. The molecule has 0 saturated heterocycles. The van der Waals surface area contributed by atoms with E-state index in [2.05, 4.69) is 16.9 Å². The van der Waals surface area contributed by atoms with Crippen molar-refractivity contribution in [2.45, 2.75) is 30.1 Å². The van der Waals surface area contributed by atoms with Crippen LogP contribution in [0.3, 0.4) is 0 Å². The van der Waals surface area contributed by atoms with Gasteiger partial charge in [0, 0.05) is 11.9 Å². The van der Waals surface area contributed by atoms with E-state index in [1.54, 1.807) is 10.9 Å². The summed E-state index contributed by atoms with van der Waals surface area (Å²) < 4.78 is 1.74. The fourth-order valence-corrected chi connectivity index (χ4v) is 3.78. The summed E-state index contributed by atoms with van der Waals surface area (Å²) in [5.74, 6) is 0. The number of rotatable bonds is 4. The fourth-order valence-electron chi connectivity index (χ4n) is 2.79. The molecule has 0 aliphatic rings. The minimum atomic E-state index is -0.00619. The van der Waals surface area contributed by atoms with Gasteiger partial charge in [0.25, 0.3) is 5.56 Å². The largest absolute Gasteiger partial charge is 0.287 e. The highest BCUT2D eigenvalue weighted by molar-refractivity contribution is 7.99. The number of para-hydroxylation sites is 2. The molecule has 0 N–H and O–H groups in total. The van der Waals surface area contributed by atoms with Crippen LogP contribution in [0.15, 0.2) is 69.8 Å². The van der Waals surface area contributed by atoms with Gasteiger partial charge < -0.3 is 0 Å². The summed E-state index contributed by atoms with van der Waals surface area (Å²) in [6.07, 6.45) is 2.41. The summed E-state index contributed by atoms with van der Waals surface area (Å²) in [4.78, 5) is 26.3. The van der Waals surface area contributed by atoms with E-state index in [1.807, 2.05) is 48.5 Å². The van der Waals surface area contributed by atoms with Crippen LogP contribution in [-0.4, -0.2) is 19.5 Å². The third-order valence-electron chi connectivity index (χ3n) is 3.97. The molecule has 0 saturated carbocycles. The second-order valence-electron chi connectivity index (χ2n) is 5.67. The van der Waals surface area contributed by atoms with Crippen molar-refractivity contribution in [3.63, 3.8) is 0 Å². The summed E-state index contributed by atoms with van der Waals surface area (Å²) in [6, 6.07) is 15.3. The van der Waals surface area contributed by atoms with Crippen molar-refractivity contribution >= 4 is 33.6 Å². The van der Waals surface area contributed by atoms with E-state index in [0.717, 1.165) is 22.3 Å². The lowest BCUT2D eigenvalue weighted by Crippen LogP contribution is -2.23. The fraction of sp³-hybridized carbons (Fsp3) is 0.158. The quantitative estimate of drug-likeness (QED) is 0.413. The zero-order valence-corrected chi connectivity index (χ0v) is 14.5. The number of nitrogens with zero attached hydrogens (tertiary/aromatic N) is 4. The minimum Gasteiger partial charge on any atom is -0.287 e. The van der Waals surface area contributed by atoms with E-state index in [1.165, 1.54) is 11.8 Å². The molecule has 0 spiro atoms. The van der Waals surface area contributed by atoms with Crippen LogP contribution in [0.1, 0.15) is 13.3 Å². The van der Waals surface area contributed by atoms with Crippen molar-refractivity contribution in [3.05, 3.63) is 65.2 Å². The molecule has 6 heteroatoms. The Hall–Kier alpha value is -2.73. The Bertz CT molecular complexity index is 1120. The Balaban J connectivity index is 1.91. The first-order valence-corrected chi connectivity index (χ1v) is 8.96. The van der Waals surface area contributed by atoms with E-state index >= 15 is 0 Å². The molecule has 0 atom stereocenters. The predicted octanol–water partition coefficient (Wildman–Crippen LogP) is 3.90. The molecule has 5 nitrogen and oxygen atoms in total. The highest BCUT2D eigenvalue weighted by Gasteiger charge is 2.14.